The first-order valence-electron chi connectivity index (χ1n) is 5.40. The Labute approximate surface area is 95.2 Å². The van der Waals surface area contributed by atoms with E-state index in [0.717, 1.165) is 19.0 Å². The SMILES string of the molecule is COc1cccc(N2CCOCC2CN)n1. The van der Waals surface area contributed by atoms with Crippen LogP contribution < -0.4 is 15.4 Å². The molecule has 1 saturated heterocycles. The molecule has 1 atom stereocenters. The molecule has 2 N–H and O–H groups in total. The maximum Gasteiger partial charge on any atom is 0.214 e. The van der Waals surface area contributed by atoms with Gasteiger partial charge >= 0.3 is 0 Å². The first-order chi connectivity index (χ1) is 7.85. The van der Waals surface area contributed by atoms with Gasteiger partial charge in [-0.15, -0.1) is 0 Å². The molecule has 0 amide bonds. The first-order valence-corrected chi connectivity index (χ1v) is 5.40. The van der Waals surface area contributed by atoms with Gasteiger partial charge in [0.2, 0.25) is 5.88 Å². The highest BCUT2D eigenvalue weighted by atomic mass is 16.5. The van der Waals surface area contributed by atoms with Gasteiger partial charge in [-0.25, -0.2) is 0 Å². The summed E-state index contributed by atoms with van der Waals surface area (Å²) in [6.45, 7) is 2.77. The van der Waals surface area contributed by atoms with Crippen LogP contribution in [0.5, 0.6) is 5.88 Å². The summed E-state index contributed by atoms with van der Waals surface area (Å²) in [5, 5.41) is 0. The highest BCUT2D eigenvalue weighted by Gasteiger charge is 2.22. The van der Waals surface area contributed by atoms with E-state index in [1.165, 1.54) is 0 Å². The Morgan fingerprint density at radius 2 is 2.50 bits per heavy atom. The summed E-state index contributed by atoms with van der Waals surface area (Å²) in [5.74, 6) is 1.53. The van der Waals surface area contributed by atoms with Crippen molar-refractivity contribution < 1.29 is 9.47 Å². The maximum atomic E-state index is 5.72. The topological polar surface area (TPSA) is 60.6 Å². The molecule has 1 aromatic rings. The van der Waals surface area contributed by atoms with Gasteiger partial charge in [-0.1, -0.05) is 6.07 Å². The standard InChI is InChI=1S/C11H17N3O2/c1-15-11-4-2-3-10(13-11)14-5-6-16-8-9(14)7-12/h2-4,9H,5-8,12H2,1H3. The molecular formula is C11H17N3O2. The first kappa shape index (κ1) is 11.2. The zero-order valence-electron chi connectivity index (χ0n) is 9.43. The van der Waals surface area contributed by atoms with Gasteiger partial charge < -0.3 is 20.1 Å². The maximum absolute atomic E-state index is 5.72. The van der Waals surface area contributed by atoms with Crippen LogP contribution in [0.4, 0.5) is 5.82 Å². The molecule has 1 aliphatic heterocycles. The van der Waals surface area contributed by atoms with Crippen molar-refractivity contribution >= 4 is 5.82 Å². The van der Waals surface area contributed by atoms with Crippen molar-refractivity contribution in [3.05, 3.63) is 18.2 Å². The van der Waals surface area contributed by atoms with E-state index in [0.29, 0.717) is 19.0 Å². The third kappa shape index (κ3) is 2.25. The van der Waals surface area contributed by atoms with E-state index < -0.39 is 0 Å². The zero-order chi connectivity index (χ0) is 11.4. The number of methoxy groups -OCH3 is 1. The Hall–Kier alpha value is -1.33. The minimum atomic E-state index is 0.202. The molecule has 0 spiro atoms. The average molecular weight is 223 g/mol. The molecule has 2 rings (SSSR count). The molecule has 1 aliphatic rings. The summed E-state index contributed by atoms with van der Waals surface area (Å²) in [4.78, 5) is 6.58. The van der Waals surface area contributed by atoms with E-state index in [2.05, 4.69) is 9.88 Å². The van der Waals surface area contributed by atoms with Crippen LogP contribution in [0.2, 0.25) is 0 Å². The van der Waals surface area contributed by atoms with Crippen LogP contribution in [0, 0.1) is 0 Å². The molecule has 1 unspecified atom stereocenters. The number of hydrogen-bond donors (Lipinski definition) is 1. The van der Waals surface area contributed by atoms with Gasteiger partial charge in [0, 0.05) is 19.2 Å². The summed E-state index contributed by atoms with van der Waals surface area (Å²) >= 11 is 0. The minimum absolute atomic E-state index is 0.202. The lowest BCUT2D eigenvalue weighted by atomic mass is 10.2. The van der Waals surface area contributed by atoms with E-state index in [9.17, 15) is 0 Å². The number of hydrogen-bond acceptors (Lipinski definition) is 5. The molecule has 0 aliphatic carbocycles. The van der Waals surface area contributed by atoms with Crippen LogP contribution >= 0.6 is 0 Å². The minimum Gasteiger partial charge on any atom is -0.481 e. The highest BCUT2D eigenvalue weighted by Crippen LogP contribution is 2.19. The lowest BCUT2D eigenvalue weighted by Gasteiger charge is -2.35. The number of ether oxygens (including phenoxy) is 2. The van der Waals surface area contributed by atoms with Gasteiger partial charge in [-0.3, -0.25) is 0 Å². The molecule has 5 nitrogen and oxygen atoms in total. The van der Waals surface area contributed by atoms with Gasteiger partial charge in [-0.05, 0) is 6.07 Å². The van der Waals surface area contributed by atoms with Crippen LogP contribution in [0.15, 0.2) is 18.2 Å². The van der Waals surface area contributed by atoms with Crippen LogP contribution in [0.1, 0.15) is 0 Å². The smallest absolute Gasteiger partial charge is 0.214 e. The summed E-state index contributed by atoms with van der Waals surface area (Å²) < 4.78 is 10.5. The van der Waals surface area contributed by atoms with Crippen molar-refractivity contribution in [3.8, 4) is 5.88 Å². The molecule has 5 heteroatoms. The number of morpholine rings is 1. The van der Waals surface area contributed by atoms with Crippen molar-refractivity contribution in [3.63, 3.8) is 0 Å². The van der Waals surface area contributed by atoms with Crippen molar-refractivity contribution in [1.29, 1.82) is 0 Å². The van der Waals surface area contributed by atoms with Crippen LogP contribution in [0.3, 0.4) is 0 Å². The Kier molecular flexibility index (Phi) is 3.58. The number of nitrogens with two attached hydrogens (primary N) is 1. The normalized spacial score (nSPS) is 20.9. The van der Waals surface area contributed by atoms with E-state index in [4.69, 9.17) is 15.2 Å². The average Bonchev–Trinajstić information content (AvgIpc) is 2.38. The number of aromatic nitrogens is 1. The number of rotatable bonds is 3. The number of pyridine rings is 1. The largest absolute Gasteiger partial charge is 0.481 e. The fourth-order valence-electron chi connectivity index (χ4n) is 1.83. The van der Waals surface area contributed by atoms with E-state index in [-0.39, 0.29) is 6.04 Å². The third-order valence-corrected chi connectivity index (χ3v) is 2.71. The molecule has 2 heterocycles. The van der Waals surface area contributed by atoms with E-state index >= 15 is 0 Å². The quantitative estimate of drug-likeness (QED) is 0.796. The lowest BCUT2D eigenvalue weighted by Crippen LogP contribution is -2.49. The molecule has 0 aromatic carbocycles. The second kappa shape index (κ2) is 5.14. The molecule has 16 heavy (non-hydrogen) atoms. The van der Waals surface area contributed by atoms with Gasteiger partial charge in [-0.2, -0.15) is 4.98 Å². The number of nitrogens with zero attached hydrogens (tertiary/aromatic N) is 2. The molecule has 0 bridgehead atoms. The fraction of sp³-hybridized carbons (Fsp3) is 0.545. The Morgan fingerprint density at radius 1 is 1.62 bits per heavy atom. The van der Waals surface area contributed by atoms with Gasteiger partial charge in [0.05, 0.1) is 26.4 Å². The monoisotopic (exact) mass is 223 g/mol. The van der Waals surface area contributed by atoms with Gasteiger partial charge in [0.25, 0.3) is 0 Å². The second-order valence-corrected chi connectivity index (χ2v) is 3.70. The van der Waals surface area contributed by atoms with E-state index in [1.807, 2.05) is 18.2 Å². The zero-order valence-corrected chi connectivity index (χ0v) is 9.43. The van der Waals surface area contributed by atoms with Crippen molar-refractivity contribution in [2.24, 2.45) is 5.73 Å². The summed E-state index contributed by atoms with van der Waals surface area (Å²) in [5.41, 5.74) is 5.72. The predicted molar refractivity (Wildman–Crippen MR) is 61.8 cm³/mol. The van der Waals surface area contributed by atoms with E-state index in [1.54, 1.807) is 7.11 Å². The van der Waals surface area contributed by atoms with Crippen molar-refractivity contribution in [2.45, 2.75) is 6.04 Å². The second-order valence-electron chi connectivity index (χ2n) is 3.70. The molecule has 0 radical (unpaired) electrons. The predicted octanol–water partition coefficient (Wildman–Crippen LogP) is 0.254. The summed E-state index contributed by atoms with van der Waals surface area (Å²) in [6, 6.07) is 5.94. The Morgan fingerprint density at radius 3 is 3.25 bits per heavy atom. The fourth-order valence-corrected chi connectivity index (χ4v) is 1.83. The molecule has 88 valence electrons. The molecular weight excluding hydrogens is 206 g/mol. The molecule has 1 aromatic heterocycles. The molecule has 1 fully saturated rings. The van der Waals surface area contributed by atoms with Crippen LogP contribution in [0.25, 0.3) is 0 Å². The van der Waals surface area contributed by atoms with Crippen LogP contribution in [-0.2, 0) is 4.74 Å². The van der Waals surface area contributed by atoms with Gasteiger partial charge in [0.15, 0.2) is 0 Å². The summed E-state index contributed by atoms with van der Waals surface area (Å²) in [6.07, 6.45) is 0. The highest BCUT2D eigenvalue weighted by molar-refractivity contribution is 5.42. The summed E-state index contributed by atoms with van der Waals surface area (Å²) in [7, 11) is 1.62. The van der Waals surface area contributed by atoms with Crippen molar-refractivity contribution in [2.75, 3.05) is 38.3 Å². The molecule has 0 saturated carbocycles. The Bertz CT molecular complexity index is 346. The Balaban J connectivity index is 2.20. The van der Waals surface area contributed by atoms with Gasteiger partial charge in [0.1, 0.15) is 5.82 Å². The van der Waals surface area contributed by atoms with Crippen molar-refractivity contribution in [1.82, 2.24) is 4.98 Å². The van der Waals surface area contributed by atoms with Crippen LogP contribution in [-0.4, -0.2) is 44.4 Å². The lowest BCUT2D eigenvalue weighted by molar-refractivity contribution is 0.0958. The third-order valence-electron chi connectivity index (χ3n) is 2.71. The number of anilines is 1.